The standard InChI is InChI=1S/C16H13ClN2OS2/c17-14-6-4-13(22-14)5-7-15(20)19-12-3-1-2-11(10-12)16-18-8-9-21-16/h1-4,6,8-10H,5,7H2,(H,19,20). The maximum Gasteiger partial charge on any atom is 0.224 e. The zero-order valence-electron chi connectivity index (χ0n) is 11.6. The number of carbonyl (C=O) groups is 1. The topological polar surface area (TPSA) is 42.0 Å². The number of halogens is 1. The van der Waals surface area contributed by atoms with Crippen LogP contribution < -0.4 is 5.32 Å². The molecule has 0 aliphatic carbocycles. The molecule has 22 heavy (non-hydrogen) atoms. The van der Waals surface area contributed by atoms with Crippen molar-refractivity contribution in [2.24, 2.45) is 0 Å². The molecule has 3 rings (SSSR count). The van der Waals surface area contributed by atoms with E-state index in [0.29, 0.717) is 12.8 Å². The van der Waals surface area contributed by atoms with Crippen LogP contribution in [0.5, 0.6) is 0 Å². The summed E-state index contributed by atoms with van der Waals surface area (Å²) in [4.78, 5) is 17.4. The number of hydrogen-bond donors (Lipinski definition) is 1. The highest BCUT2D eigenvalue weighted by Crippen LogP contribution is 2.25. The molecule has 0 radical (unpaired) electrons. The summed E-state index contributed by atoms with van der Waals surface area (Å²) >= 11 is 8.98. The summed E-state index contributed by atoms with van der Waals surface area (Å²) in [6, 6.07) is 11.6. The van der Waals surface area contributed by atoms with E-state index in [9.17, 15) is 4.79 Å². The maximum absolute atomic E-state index is 12.0. The second-order valence-corrected chi connectivity index (χ2v) is 7.37. The Balaban J connectivity index is 1.60. The third-order valence-corrected chi connectivity index (χ3v) is 5.17. The van der Waals surface area contributed by atoms with Crippen molar-refractivity contribution in [2.45, 2.75) is 12.8 Å². The van der Waals surface area contributed by atoms with Crippen molar-refractivity contribution in [2.75, 3.05) is 5.32 Å². The van der Waals surface area contributed by atoms with Gasteiger partial charge in [-0.05, 0) is 30.7 Å². The first kappa shape index (κ1) is 15.2. The Morgan fingerprint density at radius 3 is 2.91 bits per heavy atom. The number of amides is 1. The molecular formula is C16H13ClN2OS2. The van der Waals surface area contributed by atoms with Crippen molar-refractivity contribution in [1.29, 1.82) is 0 Å². The smallest absolute Gasteiger partial charge is 0.224 e. The van der Waals surface area contributed by atoms with Crippen LogP contribution in [-0.2, 0) is 11.2 Å². The molecule has 0 saturated carbocycles. The quantitative estimate of drug-likeness (QED) is 0.697. The molecule has 0 bridgehead atoms. The summed E-state index contributed by atoms with van der Waals surface area (Å²) in [5.74, 6) is 0.000751. The average molecular weight is 349 g/mol. The summed E-state index contributed by atoms with van der Waals surface area (Å²) in [5.41, 5.74) is 1.81. The predicted molar refractivity (Wildman–Crippen MR) is 93.8 cm³/mol. The second-order valence-electron chi connectivity index (χ2n) is 4.67. The number of anilines is 1. The Hall–Kier alpha value is -1.69. The highest BCUT2D eigenvalue weighted by atomic mass is 35.5. The molecule has 1 amide bonds. The molecule has 0 aliphatic heterocycles. The number of aryl methyl sites for hydroxylation is 1. The van der Waals surface area contributed by atoms with Gasteiger partial charge in [0.15, 0.2) is 0 Å². The fraction of sp³-hybridized carbons (Fsp3) is 0.125. The first-order valence-corrected chi connectivity index (χ1v) is 8.82. The van der Waals surface area contributed by atoms with Crippen LogP contribution in [0.1, 0.15) is 11.3 Å². The average Bonchev–Trinajstić information content (AvgIpc) is 3.17. The number of carbonyl (C=O) groups excluding carboxylic acids is 1. The highest BCUT2D eigenvalue weighted by Gasteiger charge is 2.07. The minimum absolute atomic E-state index is 0.000751. The number of thiazole rings is 1. The van der Waals surface area contributed by atoms with E-state index < -0.39 is 0 Å². The van der Waals surface area contributed by atoms with Gasteiger partial charge in [-0.2, -0.15) is 0 Å². The van der Waals surface area contributed by atoms with Gasteiger partial charge in [0.1, 0.15) is 5.01 Å². The molecule has 0 spiro atoms. The maximum atomic E-state index is 12.0. The molecule has 3 nitrogen and oxygen atoms in total. The van der Waals surface area contributed by atoms with Crippen molar-refractivity contribution in [1.82, 2.24) is 4.98 Å². The Morgan fingerprint density at radius 1 is 1.27 bits per heavy atom. The van der Waals surface area contributed by atoms with Crippen molar-refractivity contribution in [3.63, 3.8) is 0 Å². The monoisotopic (exact) mass is 348 g/mol. The van der Waals surface area contributed by atoms with Crippen LogP contribution in [0.3, 0.4) is 0 Å². The minimum Gasteiger partial charge on any atom is -0.326 e. The molecular weight excluding hydrogens is 336 g/mol. The molecule has 0 aliphatic rings. The van der Waals surface area contributed by atoms with Crippen molar-refractivity contribution in [3.05, 3.63) is 57.2 Å². The molecule has 1 aromatic carbocycles. The van der Waals surface area contributed by atoms with E-state index in [-0.39, 0.29) is 5.91 Å². The summed E-state index contributed by atoms with van der Waals surface area (Å²) in [6.07, 6.45) is 2.92. The first-order chi connectivity index (χ1) is 10.7. The number of hydrogen-bond acceptors (Lipinski definition) is 4. The van der Waals surface area contributed by atoms with Gasteiger partial charge in [0.05, 0.1) is 4.34 Å². The van der Waals surface area contributed by atoms with Gasteiger partial charge >= 0.3 is 0 Å². The number of nitrogens with one attached hydrogen (secondary N) is 1. The van der Waals surface area contributed by atoms with Gasteiger partial charge in [0.25, 0.3) is 0 Å². The van der Waals surface area contributed by atoms with E-state index in [0.717, 1.165) is 25.5 Å². The van der Waals surface area contributed by atoms with Gasteiger partial charge in [-0.1, -0.05) is 23.7 Å². The van der Waals surface area contributed by atoms with E-state index in [1.54, 1.807) is 17.5 Å². The molecule has 1 N–H and O–H groups in total. The Morgan fingerprint density at radius 2 is 2.18 bits per heavy atom. The summed E-state index contributed by atoms with van der Waals surface area (Å²) in [6.45, 7) is 0. The third-order valence-electron chi connectivity index (χ3n) is 3.05. The highest BCUT2D eigenvalue weighted by molar-refractivity contribution is 7.16. The molecule has 112 valence electrons. The van der Waals surface area contributed by atoms with E-state index in [2.05, 4.69) is 10.3 Å². The van der Waals surface area contributed by atoms with Crippen molar-refractivity contribution in [3.8, 4) is 10.6 Å². The first-order valence-electron chi connectivity index (χ1n) is 6.75. The Kier molecular flexibility index (Phi) is 4.87. The normalized spacial score (nSPS) is 10.6. The largest absolute Gasteiger partial charge is 0.326 e. The van der Waals surface area contributed by atoms with E-state index in [1.165, 1.54) is 11.3 Å². The molecule has 2 heterocycles. The molecule has 0 fully saturated rings. The summed E-state index contributed by atoms with van der Waals surface area (Å²) in [5, 5.41) is 5.82. The van der Waals surface area contributed by atoms with Crippen LogP contribution in [0.25, 0.3) is 10.6 Å². The lowest BCUT2D eigenvalue weighted by atomic mass is 10.2. The summed E-state index contributed by atoms with van der Waals surface area (Å²) in [7, 11) is 0. The lowest BCUT2D eigenvalue weighted by Crippen LogP contribution is -2.12. The Bertz CT molecular complexity index is 768. The fourth-order valence-electron chi connectivity index (χ4n) is 2.04. The zero-order chi connectivity index (χ0) is 15.4. The van der Waals surface area contributed by atoms with Gasteiger partial charge < -0.3 is 5.32 Å². The minimum atomic E-state index is 0.000751. The number of benzene rings is 1. The molecule has 0 atom stereocenters. The number of rotatable bonds is 5. The van der Waals surface area contributed by atoms with Crippen molar-refractivity contribution < 1.29 is 4.79 Å². The van der Waals surface area contributed by atoms with E-state index in [4.69, 9.17) is 11.6 Å². The predicted octanol–water partition coefficient (Wildman–Crippen LogP) is 5.10. The molecule has 0 saturated heterocycles. The number of thiophene rings is 1. The fourth-order valence-corrected chi connectivity index (χ4v) is 3.76. The number of nitrogens with zero attached hydrogens (tertiary/aromatic N) is 1. The van der Waals surface area contributed by atoms with E-state index >= 15 is 0 Å². The van der Waals surface area contributed by atoms with Gasteiger partial charge in [-0.15, -0.1) is 22.7 Å². The lowest BCUT2D eigenvalue weighted by Gasteiger charge is -2.06. The van der Waals surface area contributed by atoms with Gasteiger partial charge in [-0.25, -0.2) is 4.98 Å². The summed E-state index contributed by atoms with van der Waals surface area (Å²) < 4.78 is 0.756. The van der Waals surface area contributed by atoms with Crippen LogP contribution in [0.4, 0.5) is 5.69 Å². The third kappa shape index (κ3) is 3.94. The second kappa shape index (κ2) is 7.05. The van der Waals surface area contributed by atoms with E-state index in [1.807, 2.05) is 41.8 Å². The zero-order valence-corrected chi connectivity index (χ0v) is 14.0. The van der Waals surface area contributed by atoms with Gasteiger partial charge in [0, 0.05) is 34.1 Å². The molecule has 6 heteroatoms. The molecule has 2 aromatic heterocycles. The molecule has 0 unspecified atom stereocenters. The van der Waals surface area contributed by atoms with Crippen LogP contribution in [0.15, 0.2) is 48.0 Å². The van der Waals surface area contributed by atoms with Crippen LogP contribution in [-0.4, -0.2) is 10.9 Å². The molecule has 3 aromatic rings. The SMILES string of the molecule is O=C(CCc1ccc(Cl)s1)Nc1cccc(-c2nccs2)c1. The Labute approximate surface area is 141 Å². The lowest BCUT2D eigenvalue weighted by molar-refractivity contribution is -0.116. The van der Waals surface area contributed by atoms with Gasteiger partial charge in [-0.3, -0.25) is 4.79 Å². The van der Waals surface area contributed by atoms with Crippen molar-refractivity contribution >= 4 is 45.9 Å². The van der Waals surface area contributed by atoms with Crippen LogP contribution in [0.2, 0.25) is 4.34 Å². The van der Waals surface area contributed by atoms with Crippen LogP contribution >= 0.6 is 34.3 Å². The number of aromatic nitrogens is 1. The van der Waals surface area contributed by atoms with Gasteiger partial charge in [0.2, 0.25) is 5.91 Å². The van der Waals surface area contributed by atoms with Crippen LogP contribution in [0, 0.1) is 0 Å².